The highest BCUT2D eigenvalue weighted by atomic mass is 14.2. The summed E-state index contributed by atoms with van der Waals surface area (Å²) in [5.74, 6) is 2.05. The molecular weight excluding hydrogens is 468 g/mol. The van der Waals surface area contributed by atoms with Crippen LogP contribution in [0.3, 0.4) is 0 Å². The van der Waals surface area contributed by atoms with Gasteiger partial charge in [0, 0.05) is 0 Å². The Bertz CT molecular complexity index is 374. The first-order valence-electron chi connectivity index (χ1n) is 19.3. The van der Waals surface area contributed by atoms with E-state index in [0.717, 1.165) is 11.8 Å². The Hall–Kier alpha value is 0. The van der Waals surface area contributed by atoms with Crippen LogP contribution in [0, 0.1) is 11.8 Å². The van der Waals surface area contributed by atoms with E-state index in [0.29, 0.717) is 0 Å². The van der Waals surface area contributed by atoms with Gasteiger partial charge in [0.1, 0.15) is 0 Å². The van der Waals surface area contributed by atoms with Crippen molar-refractivity contribution in [2.24, 2.45) is 11.8 Å². The van der Waals surface area contributed by atoms with Gasteiger partial charge in [-0.1, -0.05) is 233 Å². The van der Waals surface area contributed by atoms with Gasteiger partial charge in [0.25, 0.3) is 0 Å². The van der Waals surface area contributed by atoms with Crippen LogP contribution in [0.4, 0.5) is 0 Å². The molecule has 0 spiro atoms. The highest BCUT2D eigenvalue weighted by Crippen LogP contribution is 2.31. The van der Waals surface area contributed by atoms with E-state index in [1.54, 1.807) is 6.42 Å². The molecule has 0 N–H and O–H groups in total. The van der Waals surface area contributed by atoms with E-state index in [9.17, 15) is 0 Å². The smallest absolute Gasteiger partial charge is 0.0412 e. The summed E-state index contributed by atoms with van der Waals surface area (Å²) in [6.45, 7) is 9.35. The predicted molar refractivity (Wildman–Crippen MR) is 182 cm³/mol. The molecule has 39 heavy (non-hydrogen) atoms. The van der Waals surface area contributed by atoms with E-state index in [4.69, 9.17) is 0 Å². The molecule has 0 heterocycles. The Kier molecular flexibility index (Phi) is 34.2. The molecule has 2 atom stereocenters. The van der Waals surface area contributed by atoms with Crippen molar-refractivity contribution >= 4 is 0 Å². The van der Waals surface area contributed by atoms with Gasteiger partial charge in [-0.2, -0.15) is 0 Å². The van der Waals surface area contributed by atoms with Crippen molar-refractivity contribution in [1.29, 1.82) is 0 Å². The van der Waals surface area contributed by atoms with E-state index in [2.05, 4.69) is 27.7 Å². The van der Waals surface area contributed by atoms with Gasteiger partial charge in [0.05, 0.1) is 0 Å². The van der Waals surface area contributed by atoms with Gasteiger partial charge in [0.15, 0.2) is 0 Å². The van der Waals surface area contributed by atoms with Crippen LogP contribution in [0.25, 0.3) is 0 Å². The number of hydrogen-bond donors (Lipinski definition) is 0. The van der Waals surface area contributed by atoms with Gasteiger partial charge in [0.2, 0.25) is 0 Å². The summed E-state index contributed by atoms with van der Waals surface area (Å²) in [5, 5.41) is 0. The summed E-state index contributed by atoms with van der Waals surface area (Å²) in [6, 6.07) is 0. The van der Waals surface area contributed by atoms with E-state index in [1.807, 2.05) is 0 Å². The molecule has 0 aromatic carbocycles. The molecule has 0 rings (SSSR count). The van der Waals surface area contributed by atoms with Gasteiger partial charge >= 0.3 is 0 Å². The first kappa shape index (κ1) is 39.0. The zero-order valence-electron chi connectivity index (χ0n) is 28.5. The quantitative estimate of drug-likeness (QED) is 0.0701. The molecule has 0 saturated carbocycles. The van der Waals surface area contributed by atoms with Gasteiger partial charge in [-0.15, -0.1) is 0 Å². The van der Waals surface area contributed by atoms with E-state index < -0.39 is 0 Å². The van der Waals surface area contributed by atoms with E-state index >= 15 is 0 Å². The normalized spacial score (nSPS) is 13.2. The molecule has 0 saturated heterocycles. The molecule has 0 aromatic rings. The van der Waals surface area contributed by atoms with Crippen molar-refractivity contribution in [3.63, 3.8) is 0 Å². The first-order chi connectivity index (χ1) is 19.3. The fourth-order valence-corrected chi connectivity index (χ4v) is 6.79. The van der Waals surface area contributed by atoms with Crippen molar-refractivity contribution in [3.05, 3.63) is 0 Å². The van der Waals surface area contributed by atoms with Gasteiger partial charge < -0.3 is 0 Å². The van der Waals surface area contributed by atoms with Gasteiger partial charge in [-0.3, -0.25) is 0 Å². The van der Waals surface area contributed by atoms with Crippen LogP contribution in [0.5, 0.6) is 0 Å². The molecule has 0 fully saturated rings. The van der Waals surface area contributed by atoms with Crippen molar-refractivity contribution in [2.75, 3.05) is 0 Å². The SMILES string of the molecule is CCCCCCCCCCC(CCCCCCCC)CC(CCCCCCCC)CCCCCCCCCC. The summed E-state index contributed by atoms with van der Waals surface area (Å²) in [6.07, 6.45) is 48.8. The minimum atomic E-state index is 1.02. The lowest BCUT2D eigenvalue weighted by Crippen LogP contribution is -2.11. The lowest BCUT2D eigenvalue weighted by Gasteiger charge is -2.24. The molecule has 0 bridgehead atoms. The maximum absolute atomic E-state index is 2.34. The highest BCUT2D eigenvalue weighted by molar-refractivity contribution is 4.69. The average molecular weight is 549 g/mol. The topological polar surface area (TPSA) is 0 Å². The fraction of sp³-hybridized carbons (Fsp3) is 1.00. The van der Waals surface area contributed by atoms with Gasteiger partial charge in [-0.25, -0.2) is 0 Å². The Balaban J connectivity index is 4.60. The maximum atomic E-state index is 2.34. The maximum Gasteiger partial charge on any atom is -0.0412 e. The molecule has 0 aromatic heterocycles. The lowest BCUT2D eigenvalue weighted by molar-refractivity contribution is 0.282. The molecule has 236 valence electrons. The third-order valence-corrected chi connectivity index (χ3v) is 9.53. The summed E-state index contributed by atoms with van der Waals surface area (Å²) < 4.78 is 0. The first-order valence-corrected chi connectivity index (χ1v) is 19.3. The molecule has 0 heteroatoms. The Morgan fingerprint density at radius 1 is 0.231 bits per heavy atom. The van der Waals surface area contributed by atoms with Crippen molar-refractivity contribution in [2.45, 2.75) is 240 Å². The number of unbranched alkanes of at least 4 members (excludes halogenated alkanes) is 24. The van der Waals surface area contributed by atoms with Gasteiger partial charge in [-0.05, 0) is 18.3 Å². The summed E-state index contributed by atoms with van der Waals surface area (Å²) in [7, 11) is 0. The van der Waals surface area contributed by atoms with Crippen LogP contribution >= 0.6 is 0 Å². The molecule has 0 aliphatic heterocycles. The van der Waals surface area contributed by atoms with E-state index in [1.165, 1.54) is 205 Å². The van der Waals surface area contributed by atoms with Crippen LogP contribution in [-0.4, -0.2) is 0 Å². The molecular formula is C39H80. The van der Waals surface area contributed by atoms with Crippen LogP contribution in [0.2, 0.25) is 0 Å². The Morgan fingerprint density at radius 3 is 0.615 bits per heavy atom. The van der Waals surface area contributed by atoms with Crippen LogP contribution in [0.1, 0.15) is 240 Å². The predicted octanol–water partition coefficient (Wildman–Crippen LogP) is 15.2. The summed E-state index contributed by atoms with van der Waals surface area (Å²) >= 11 is 0. The molecule has 0 aliphatic rings. The monoisotopic (exact) mass is 549 g/mol. The number of hydrogen-bond acceptors (Lipinski definition) is 0. The van der Waals surface area contributed by atoms with Crippen LogP contribution in [-0.2, 0) is 0 Å². The third-order valence-electron chi connectivity index (χ3n) is 9.53. The Labute approximate surface area is 251 Å². The molecule has 2 unspecified atom stereocenters. The largest absolute Gasteiger partial charge is 0.0654 e. The van der Waals surface area contributed by atoms with Crippen molar-refractivity contribution in [1.82, 2.24) is 0 Å². The molecule has 0 nitrogen and oxygen atoms in total. The zero-order chi connectivity index (χ0) is 28.5. The van der Waals surface area contributed by atoms with Crippen LogP contribution in [0.15, 0.2) is 0 Å². The van der Waals surface area contributed by atoms with E-state index in [-0.39, 0.29) is 0 Å². The third kappa shape index (κ3) is 30.8. The molecule has 0 aliphatic carbocycles. The molecule has 0 radical (unpaired) electrons. The zero-order valence-corrected chi connectivity index (χ0v) is 28.5. The lowest BCUT2D eigenvalue weighted by atomic mass is 9.82. The fourth-order valence-electron chi connectivity index (χ4n) is 6.79. The second-order valence-corrected chi connectivity index (χ2v) is 13.6. The molecule has 0 amide bonds. The number of rotatable bonds is 34. The summed E-state index contributed by atoms with van der Waals surface area (Å²) in [5.41, 5.74) is 0. The second kappa shape index (κ2) is 34.2. The second-order valence-electron chi connectivity index (χ2n) is 13.6. The average Bonchev–Trinajstić information content (AvgIpc) is 2.94. The minimum absolute atomic E-state index is 1.02. The van der Waals surface area contributed by atoms with Crippen LogP contribution < -0.4 is 0 Å². The Morgan fingerprint density at radius 2 is 0.410 bits per heavy atom. The summed E-state index contributed by atoms with van der Waals surface area (Å²) in [4.78, 5) is 0. The van der Waals surface area contributed by atoms with Crippen molar-refractivity contribution < 1.29 is 0 Å². The standard InChI is InChI=1S/C39H80/c1-5-9-13-17-21-23-27-31-35-38(33-29-25-19-15-11-7-3)37-39(34-30-26-20-16-12-8-4)36-32-28-24-22-18-14-10-6-2/h38-39H,5-37H2,1-4H3. The highest BCUT2D eigenvalue weighted by Gasteiger charge is 2.16. The minimum Gasteiger partial charge on any atom is -0.0654 e. The van der Waals surface area contributed by atoms with Crippen molar-refractivity contribution in [3.8, 4) is 0 Å².